The lowest BCUT2D eigenvalue weighted by Gasteiger charge is -2.37. The molecule has 0 radical (unpaired) electrons. The summed E-state index contributed by atoms with van der Waals surface area (Å²) < 4.78 is 0. The second kappa shape index (κ2) is 6.15. The number of nitrogens with two attached hydrogens (primary N) is 1. The van der Waals surface area contributed by atoms with Crippen LogP contribution in [0.4, 0.5) is 0 Å². The molecule has 2 rings (SSSR count). The second-order valence-corrected chi connectivity index (χ2v) is 6.58. The molecular formula is C17H28N2O. The van der Waals surface area contributed by atoms with Crippen molar-refractivity contribution < 1.29 is 5.11 Å². The molecule has 3 heteroatoms. The van der Waals surface area contributed by atoms with Crippen molar-refractivity contribution in [2.45, 2.75) is 51.0 Å². The number of rotatable bonds is 4. The summed E-state index contributed by atoms with van der Waals surface area (Å²) >= 11 is 0. The molecule has 1 aliphatic carbocycles. The van der Waals surface area contributed by atoms with Crippen molar-refractivity contribution in [3.05, 3.63) is 28.8 Å². The SMILES string of the molecule is Cc1cc(C2(CN)CCCCC2)cc(CN(C)C)c1O. The van der Waals surface area contributed by atoms with E-state index in [0.29, 0.717) is 12.3 Å². The predicted molar refractivity (Wildman–Crippen MR) is 84.1 cm³/mol. The van der Waals surface area contributed by atoms with E-state index in [0.717, 1.165) is 17.7 Å². The number of phenols is 1. The van der Waals surface area contributed by atoms with Gasteiger partial charge in [0.1, 0.15) is 5.75 Å². The van der Waals surface area contributed by atoms with E-state index in [9.17, 15) is 5.11 Å². The summed E-state index contributed by atoms with van der Waals surface area (Å²) in [4.78, 5) is 2.09. The number of nitrogens with zero attached hydrogens (tertiary/aromatic N) is 1. The van der Waals surface area contributed by atoms with Gasteiger partial charge in [0.05, 0.1) is 0 Å². The van der Waals surface area contributed by atoms with Crippen LogP contribution in [0.15, 0.2) is 12.1 Å². The van der Waals surface area contributed by atoms with Crippen molar-refractivity contribution in [2.24, 2.45) is 5.73 Å². The fourth-order valence-corrected chi connectivity index (χ4v) is 3.46. The summed E-state index contributed by atoms with van der Waals surface area (Å²) in [5, 5.41) is 10.3. The number of aromatic hydroxyl groups is 1. The molecule has 1 saturated carbocycles. The van der Waals surface area contributed by atoms with E-state index in [1.54, 1.807) is 0 Å². The van der Waals surface area contributed by atoms with Crippen LogP contribution in [0.2, 0.25) is 0 Å². The summed E-state index contributed by atoms with van der Waals surface area (Å²) in [6.07, 6.45) is 6.20. The van der Waals surface area contributed by atoms with Crippen LogP contribution in [0.3, 0.4) is 0 Å². The summed E-state index contributed by atoms with van der Waals surface area (Å²) in [6, 6.07) is 4.33. The fourth-order valence-electron chi connectivity index (χ4n) is 3.46. The van der Waals surface area contributed by atoms with E-state index in [2.05, 4.69) is 17.0 Å². The van der Waals surface area contributed by atoms with Crippen LogP contribution >= 0.6 is 0 Å². The van der Waals surface area contributed by atoms with Gasteiger partial charge in [-0.15, -0.1) is 0 Å². The first-order valence-electron chi connectivity index (χ1n) is 7.66. The molecule has 1 aliphatic rings. The van der Waals surface area contributed by atoms with Gasteiger partial charge in [-0.1, -0.05) is 31.4 Å². The highest BCUT2D eigenvalue weighted by atomic mass is 16.3. The van der Waals surface area contributed by atoms with Crippen molar-refractivity contribution in [2.75, 3.05) is 20.6 Å². The van der Waals surface area contributed by atoms with Gasteiger partial charge in [0.25, 0.3) is 0 Å². The largest absolute Gasteiger partial charge is 0.507 e. The maximum absolute atomic E-state index is 10.3. The highest BCUT2D eigenvalue weighted by molar-refractivity contribution is 5.45. The molecular weight excluding hydrogens is 248 g/mol. The molecule has 0 heterocycles. The Kier molecular flexibility index (Phi) is 4.71. The quantitative estimate of drug-likeness (QED) is 0.889. The number of benzene rings is 1. The molecule has 20 heavy (non-hydrogen) atoms. The first-order valence-corrected chi connectivity index (χ1v) is 7.66. The first kappa shape index (κ1) is 15.3. The minimum Gasteiger partial charge on any atom is -0.507 e. The van der Waals surface area contributed by atoms with Crippen molar-refractivity contribution in [3.63, 3.8) is 0 Å². The Bertz CT molecular complexity index is 462. The minimum absolute atomic E-state index is 0.123. The van der Waals surface area contributed by atoms with Crippen LogP contribution in [0.5, 0.6) is 5.75 Å². The number of hydrogen-bond donors (Lipinski definition) is 2. The van der Waals surface area contributed by atoms with E-state index in [-0.39, 0.29) is 5.41 Å². The van der Waals surface area contributed by atoms with Gasteiger partial charge < -0.3 is 15.7 Å². The molecule has 0 unspecified atom stereocenters. The average molecular weight is 276 g/mol. The molecule has 0 bridgehead atoms. The van der Waals surface area contributed by atoms with Gasteiger partial charge in [0.2, 0.25) is 0 Å². The minimum atomic E-state index is 0.123. The van der Waals surface area contributed by atoms with Gasteiger partial charge >= 0.3 is 0 Å². The standard InChI is InChI=1S/C17H28N2O/c1-13-9-15(10-14(16(13)20)11-19(2)3)17(12-18)7-5-4-6-8-17/h9-10,20H,4-8,11-12,18H2,1-3H3. The van der Waals surface area contributed by atoms with Crippen LogP contribution in [0.1, 0.15) is 48.8 Å². The van der Waals surface area contributed by atoms with Crippen LogP contribution in [0.25, 0.3) is 0 Å². The van der Waals surface area contributed by atoms with Crippen molar-refractivity contribution in [1.82, 2.24) is 4.90 Å². The van der Waals surface area contributed by atoms with Gasteiger partial charge in [-0.3, -0.25) is 0 Å². The molecule has 1 fully saturated rings. The van der Waals surface area contributed by atoms with E-state index in [1.165, 1.54) is 37.7 Å². The molecule has 0 atom stereocenters. The monoisotopic (exact) mass is 276 g/mol. The maximum Gasteiger partial charge on any atom is 0.122 e. The van der Waals surface area contributed by atoms with Crippen LogP contribution in [0, 0.1) is 6.92 Å². The summed E-state index contributed by atoms with van der Waals surface area (Å²) in [5.41, 5.74) is 9.57. The molecule has 1 aromatic rings. The summed E-state index contributed by atoms with van der Waals surface area (Å²) in [7, 11) is 4.06. The number of phenolic OH excluding ortho intramolecular Hbond substituents is 1. The van der Waals surface area contributed by atoms with Crippen molar-refractivity contribution >= 4 is 0 Å². The van der Waals surface area contributed by atoms with Crippen LogP contribution < -0.4 is 5.73 Å². The Balaban J connectivity index is 2.42. The second-order valence-electron chi connectivity index (χ2n) is 6.58. The van der Waals surface area contributed by atoms with Gasteiger partial charge in [-0.2, -0.15) is 0 Å². The Morgan fingerprint density at radius 1 is 1.20 bits per heavy atom. The summed E-state index contributed by atoms with van der Waals surface area (Å²) in [5.74, 6) is 0.436. The van der Waals surface area contributed by atoms with Crippen LogP contribution in [-0.4, -0.2) is 30.6 Å². The zero-order chi connectivity index (χ0) is 14.8. The third kappa shape index (κ3) is 2.99. The molecule has 3 N–H and O–H groups in total. The summed E-state index contributed by atoms with van der Waals surface area (Å²) in [6.45, 7) is 3.46. The Morgan fingerprint density at radius 2 is 1.85 bits per heavy atom. The normalized spacial score (nSPS) is 18.4. The van der Waals surface area contributed by atoms with E-state index in [1.807, 2.05) is 21.0 Å². The molecule has 3 nitrogen and oxygen atoms in total. The van der Waals surface area contributed by atoms with E-state index < -0.39 is 0 Å². The third-order valence-corrected chi connectivity index (χ3v) is 4.68. The van der Waals surface area contributed by atoms with E-state index in [4.69, 9.17) is 5.73 Å². The van der Waals surface area contributed by atoms with Gasteiger partial charge in [0, 0.05) is 24.1 Å². The molecule has 0 saturated heterocycles. The average Bonchev–Trinajstić information content (AvgIpc) is 2.44. The zero-order valence-electron chi connectivity index (χ0n) is 13.1. The number of hydrogen-bond acceptors (Lipinski definition) is 3. The van der Waals surface area contributed by atoms with Crippen molar-refractivity contribution in [1.29, 1.82) is 0 Å². The first-order chi connectivity index (χ1) is 9.48. The van der Waals surface area contributed by atoms with Gasteiger partial charge in [0.15, 0.2) is 0 Å². The smallest absolute Gasteiger partial charge is 0.122 e. The molecule has 112 valence electrons. The molecule has 0 aliphatic heterocycles. The van der Waals surface area contributed by atoms with Crippen molar-refractivity contribution in [3.8, 4) is 5.75 Å². The molecule has 0 amide bonds. The van der Waals surface area contributed by atoms with Gasteiger partial charge in [-0.25, -0.2) is 0 Å². The third-order valence-electron chi connectivity index (χ3n) is 4.68. The lowest BCUT2D eigenvalue weighted by atomic mass is 9.69. The van der Waals surface area contributed by atoms with Gasteiger partial charge in [-0.05, 0) is 45.0 Å². The Labute approximate surface area is 122 Å². The zero-order valence-corrected chi connectivity index (χ0v) is 13.1. The maximum atomic E-state index is 10.3. The fraction of sp³-hybridized carbons (Fsp3) is 0.647. The molecule has 0 aromatic heterocycles. The van der Waals surface area contributed by atoms with E-state index >= 15 is 0 Å². The highest BCUT2D eigenvalue weighted by Gasteiger charge is 2.33. The predicted octanol–water partition coefficient (Wildman–Crippen LogP) is 2.92. The lowest BCUT2D eigenvalue weighted by Crippen LogP contribution is -2.37. The molecule has 0 spiro atoms. The Morgan fingerprint density at radius 3 is 2.40 bits per heavy atom. The lowest BCUT2D eigenvalue weighted by molar-refractivity contribution is 0.299. The molecule has 1 aromatic carbocycles. The van der Waals surface area contributed by atoms with Crippen LogP contribution in [-0.2, 0) is 12.0 Å². The Hall–Kier alpha value is -1.06. The topological polar surface area (TPSA) is 49.5 Å². The number of aryl methyl sites for hydroxylation is 1. The highest BCUT2D eigenvalue weighted by Crippen LogP contribution is 2.41.